The van der Waals surface area contributed by atoms with Gasteiger partial charge in [-0.1, -0.05) is 32.6 Å². The van der Waals surface area contributed by atoms with Gasteiger partial charge in [-0.3, -0.25) is 0 Å². The van der Waals surface area contributed by atoms with Crippen LogP contribution in [0.4, 0.5) is 0 Å². The van der Waals surface area contributed by atoms with Crippen molar-refractivity contribution in [3.05, 3.63) is 0 Å². The predicted molar refractivity (Wildman–Crippen MR) is 49.5 cm³/mol. The van der Waals surface area contributed by atoms with Crippen LogP contribution in [0.5, 0.6) is 0 Å². The second kappa shape index (κ2) is 4.76. The third-order valence-electron chi connectivity index (χ3n) is 2.90. The Morgan fingerprint density at radius 3 is 2.45 bits per heavy atom. The van der Waals surface area contributed by atoms with E-state index in [1.807, 2.05) is 0 Å². The van der Waals surface area contributed by atoms with E-state index in [0.717, 1.165) is 5.92 Å². The first-order valence-corrected chi connectivity index (χ1v) is 5.10. The summed E-state index contributed by atoms with van der Waals surface area (Å²) in [6.07, 6.45) is 9.64. The molecule has 1 saturated carbocycles. The molecule has 0 radical (unpaired) electrons. The highest BCUT2D eigenvalue weighted by molar-refractivity contribution is 4.83. The van der Waals surface area contributed by atoms with E-state index >= 15 is 0 Å². The molecule has 2 unspecified atom stereocenters. The van der Waals surface area contributed by atoms with Crippen molar-refractivity contribution >= 4 is 0 Å². The Labute approximate surface area is 70.4 Å². The van der Waals surface area contributed by atoms with Crippen molar-refractivity contribution in [3.8, 4) is 0 Å². The lowest BCUT2D eigenvalue weighted by Crippen LogP contribution is -2.39. The van der Waals surface area contributed by atoms with Crippen LogP contribution in [0, 0.1) is 5.92 Å². The average molecular weight is 155 g/mol. The quantitative estimate of drug-likeness (QED) is 0.607. The summed E-state index contributed by atoms with van der Waals surface area (Å²) in [5.74, 6) is 0.881. The van der Waals surface area contributed by atoms with Crippen molar-refractivity contribution in [1.29, 1.82) is 0 Å². The molecule has 11 heavy (non-hydrogen) atoms. The largest absolute Gasteiger partial charge is 0.327 e. The molecule has 0 aromatic rings. The molecule has 1 aliphatic carbocycles. The highest BCUT2D eigenvalue weighted by Gasteiger charge is 2.25. The van der Waals surface area contributed by atoms with Gasteiger partial charge in [0, 0.05) is 6.04 Å². The fraction of sp³-hybridized carbons (Fsp3) is 1.00. The number of hydrogen-bond donors (Lipinski definition) is 1. The molecular formula is C10H21N. The maximum Gasteiger partial charge on any atom is 0.00672 e. The molecule has 0 amide bonds. The van der Waals surface area contributed by atoms with Crippen molar-refractivity contribution in [2.75, 3.05) is 0 Å². The Morgan fingerprint density at radius 1 is 1.18 bits per heavy atom. The van der Waals surface area contributed by atoms with Gasteiger partial charge in [-0.05, 0) is 25.2 Å². The van der Waals surface area contributed by atoms with Gasteiger partial charge in [0.05, 0.1) is 0 Å². The molecule has 0 spiro atoms. The molecule has 2 N–H and O–H groups in total. The normalized spacial score (nSPS) is 30.0. The highest BCUT2D eigenvalue weighted by atomic mass is 14.7. The molecule has 1 fully saturated rings. The Hall–Kier alpha value is -0.0400. The standard InChI is InChI=1S/C10H21N/c1-2-3-4-5-6-9-7-8-10(9)11/h9-10H,2-8,11H2,1H3. The van der Waals surface area contributed by atoms with E-state index in [4.69, 9.17) is 5.73 Å². The third kappa shape index (κ3) is 2.82. The van der Waals surface area contributed by atoms with Crippen LogP contribution in [0.25, 0.3) is 0 Å². The van der Waals surface area contributed by atoms with Crippen molar-refractivity contribution in [1.82, 2.24) is 0 Å². The topological polar surface area (TPSA) is 26.0 Å². The predicted octanol–water partition coefficient (Wildman–Crippen LogP) is 2.69. The van der Waals surface area contributed by atoms with Crippen LogP contribution in [0.3, 0.4) is 0 Å². The SMILES string of the molecule is CCCCCCC1CCC1N. The molecule has 66 valence electrons. The van der Waals surface area contributed by atoms with Crippen LogP contribution < -0.4 is 5.73 Å². The Morgan fingerprint density at radius 2 is 2.00 bits per heavy atom. The lowest BCUT2D eigenvalue weighted by atomic mass is 9.77. The van der Waals surface area contributed by atoms with Crippen LogP contribution in [-0.4, -0.2) is 6.04 Å². The zero-order valence-electron chi connectivity index (χ0n) is 7.68. The monoisotopic (exact) mass is 155 g/mol. The highest BCUT2D eigenvalue weighted by Crippen LogP contribution is 2.30. The summed E-state index contributed by atoms with van der Waals surface area (Å²) in [6, 6.07) is 0.552. The molecule has 0 aromatic heterocycles. The van der Waals surface area contributed by atoms with Crippen LogP contribution in [0.15, 0.2) is 0 Å². The summed E-state index contributed by atoms with van der Waals surface area (Å²) in [6.45, 7) is 2.26. The first-order chi connectivity index (χ1) is 5.34. The third-order valence-corrected chi connectivity index (χ3v) is 2.90. The van der Waals surface area contributed by atoms with Crippen LogP contribution in [0.1, 0.15) is 51.9 Å². The van der Waals surface area contributed by atoms with E-state index in [9.17, 15) is 0 Å². The summed E-state index contributed by atoms with van der Waals surface area (Å²) >= 11 is 0. The van der Waals surface area contributed by atoms with E-state index < -0.39 is 0 Å². The molecule has 0 bridgehead atoms. The fourth-order valence-corrected chi connectivity index (χ4v) is 1.79. The molecule has 0 heterocycles. The van der Waals surface area contributed by atoms with E-state index in [1.165, 1.54) is 44.9 Å². The van der Waals surface area contributed by atoms with Gasteiger partial charge in [-0.2, -0.15) is 0 Å². The van der Waals surface area contributed by atoms with Crippen LogP contribution >= 0.6 is 0 Å². The molecule has 0 aliphatic heterocycles. The minimum absolute atomic E-state index is 0.552. The van der Waals surface area contributed by atoms with Crippen molar-refractivity contribution in [3.63, 3.8) is 0 Å². The number of nitrogens with two attached hydrogens (primary N) is 1. The Bertz CT molecular complexity index is 101. The van der Waals surface area contributed by atoms with E-state index in [-0.39, 0.29) is 0 Å². The molecular weight excluding hydrogens is 134 g/mol. The minimum atomic E-state index is 0.552. The average Bonchev–Trinajstić information content (AvgIpc) is 2.02. The van der Waals surface area contributed by atoms with E-state index in [1.54, 1.807) is 0 Å². The summed E-state index contributed by atoms with van der Waals surface area (Å²) in [5, 5.41) is 0. The summed E-state index contributed by atoms with van der Waals surface area (Å²) in [4.78, 5) is 0. The maximum atomic E-state index is 5.84. The molecule has 1 aliphatic rings. The zero-order valence-corrected chi connectivity index (χ0v) is 7.68. The van der Waals surface area contributed by atoms with E-state index in [0.29, 0.717) is 6.04 Å². The molecule has 0 saturated heterocycles. The number of rotatable bonds is 5. The van der Waals surface area contributed by atoms with Crippen molar-refractivity contribution in [2.45, 2.75) is 57.9 Å². The number of hydrogen-bond acceptors (Lipinski definition) is 1. The fourth-order valence-electron chi connectivity index (χ4n) is 1.79. The van der Waals surface area contributed by atoms with Gasteiger partial charge in [0.25, 0.3) is 0 Å². The van der Waals surface area contributed by atoms with Gasteiger partial charge >= 0.3 is 0 Å². The van der Waals surface area contributed by atoms with E-state index in [2.05, 4.69) is 6.92 Å². The van der Waals surface area contributed by atoms with Gasteiger partial charge in [0.1, 0.15) is 0 Å². The second-order valence-corrected chi connectivity index (χ2v) is 3.85. The van der Waals surface area contributed by atoms with Crippen LogP contribution in [-0.2, 0) is 0 Å². The summed E-state index contributed by atoms with van der Waals surface area (Å²) in [7, 11) is 0. The summed E-state index contributed by atoms with van der Waals surface area (Å²) in [5.41, 5.74) is 5.84. The first kappa shape index (κ1) is 9.05. The van der Waals surface area contributed by atoms with Crippen molar-refractivity contribution in [2.24, 2.45) is 11.7 Å². The smallest absolute Gasteiger partial charge is 0.00672 e. The second-order valence-electron chi connectivity index (χ2n) is 3.85. The van der Waals surface area contributed by atoms with Crippen LogP contribution in [0.2, 0.25) is 0 Å². The molecule has 0 aromatic carbocycles. The Kier molecular flexibility index (Phi) is 3.92. The number of unbranched alkanes of at least 4 members (excludes halogenated alkanes) is 3. The van der Waals surface area contributed by atoms with Gasteiger partial charge in [-0.15, -0.1) is 0 Å². The van der Waals surface area contributed by atoms with Gasteiger partial charge in [0.2, 0.25) is 0 Å². The molecule has 1 nitrogen and oxygen atoms in total. The lowest BCUT2D eigenvalue weighted by molar-refractivity contribution is 0.234. The maximum absolute atomic E-state index is 5.84. The van der Waals surface area contributed by atoms with Gasteiger partial charge in [0.15, 0.2) is 0 Å². The minimum Gasteiger partial charge on any atom is -0.327 e. The zero-order chi connectivity index (χ0) is 8.10. The molecule has 1 rings (SSSR count). The molecule has 2 atom stereocenters. The van der Waals surface area contributed by atoms with Crippen molar-refractivity contribution < 1.29 is 0 Å². The summed E-state index contributed by atoms with van der Waals surface area (Å²) < 4.78 is 0. The molecule has 1 heteroatoms. The van der Waals surface area contributed by atoms with Gasteiger partial charge in [-0.25, -0.2) is 0 Å². The van der Waals surface area contributed by atoms with Gasteiger partial charge < -0.3 is 5.73 Å². The first-order valence-electron chi connectivity index (χ1n) is 5.10. The lowest BCUT2D eigenvalue weighted by Gasteiger charge is -2.33. The Balaban J connectivity index is 1.87.